The van der Waals surface area contributed by atoms with Crippen molar-refractivity contribution in [3.63, 3.8) is 0 Å². The first kappa shape index (κ1) is 12.7. The number of hydrogen-bond acceptors (Lipinski definition) is 4. The van der Waals surface area contributed by atoms with Gasteiger partial charge in [0.05, 0.1) is 25.0 Å². The van der Waals surface area contributed by atoms with Gasteiger partial charge in [0, 0.05) is 11.3 Å². The number of benzene rings is 1. The molecule has 1 heterocycles. The fourth-order valence-electron chi connectivity index (χ4n) is 2.33. The van der Waals surface area contributed by atoms with E-state index in [-0.39, 0.29) is 23.9 Å². The molecule has 18 heavy (non-hydrogen) atoms. The summed E-state index contributed by atoms with van der Waals surface area (Å²) in [5.74, 6) is -0.725. The maximum atomic E-state index is 11.9. The minimum atomic E-state index is -0.397. The van der Waals surface area contributed by atoms with Crippen LogP contribution in [0.4, 0.5) is 0 Å². The highest BCUT2D eigenvalue weighted by atomic mass is 16.6. The molecule has 1 aromatic rings. The minimum absolute atomic E-state index is 0.0666. The molecule has 0 bridgehead atoms. The van der Waals surface area contributed by atoms with Gasteiger partial charge in [0.2, 0.25) is 6.54 Å². The van der Waals surface area contributed by atoms with E-state index in [4.69, 9.17) is 4.74 Å². The summed E-state index contributed by atoms with van der Waals surface area (Å²) in [7, 11) is 0. The van der Waals surface area contributed by atoms with E-state index < -0.39 is 11.8 Å². The Bertz CT molecular complexity index is 432. The second-order valence-electron chi connectivity index (χ2n) is 4.43. The zero-order valence-corrected chi connectivity index (χ0v) is 9.95. The molecule has 0 aliphatic carbocycles. The number of carbonyl (C=O) groups excluding carboxylic acids is 1. The van der Waals surface area contributed by atoms with Crippen LogP contribution in [0.25, 0.3) is 0 Å². The summed E-state index contributed by atoms with van der Waals surface area (Å²) in [6, 6.07) is 9.17. The van der Waals surface area contributed by atoms with Gasteiger partial charge in [-0.15, -0.1) is 0 Å². The van der Waals surface area contributed by atoms with Crippen molar-refractivity contribution in [1.82, 2.24) is 0 Å². The molecular weight excluding hydrogens is 234 g/mol. The standard InChI is InChI=1S/C13H15NO4/c15-13-6-7-18-9-12(13)11(8-14(16)17)10-4-2-1-3-5-10/h1-5,11-12H,6-9H2/t11-,12?/m1/s1. The molecule has 0 saturated carbocycles. The van der Waals surface area contributed by atoms with Crippen LogP contribution in [-0.2, 0) is 9.53 Å². The van der Waals surface area contributed by atoms with Crippen molar-refractivity contribution in [3.05, 3.63) is 46.0 Å². The van der Waals surface area contributed by atoms with Gasteiger partial charge in [0.15, 0.2) is 0 Å². The van der Waals surface area contributed by atoms with E-state index in [0.29, 0.717) is 13.0 Å². The molecule has 1 aromatic carbocycles. The summed E-state index contributed by atoms with van der Waals surface area (Å²) in [6.07, 6.45) is 0.353. The van der Waals surface area contributed by atoms with Crippen molar-refractivity contribution in [2.24, 2.45) is 5.92 Å². The van der Waals surface area contributed by atoms with Crippen LogP contribution < -0.4 is 0 Å². The Morgan fingerprint density at radius 1 is 1.39 bits per heavy atom. The summed E-state index contributed by atoms with van der Waals surface area (Å²) in [4.78, 5) is 22.3. The van der Waals surface area contributed by atoms with Crippen molar-refractivity contribution < 1.29 is 14.5 Å². The van der Waals surface area contributed by atoms with Crippen LogP contribution in [0.2, 0.25) is 0 Å². The number of rotatable bonds is 4. The number of hydrogen-bond donors (Lipinski definition) is 0. The zero-order chi connectivity index (χ0) is 13.0. The van der Waals surface area contributed by atoms with Crippen LogP contribution >= 0.6 is 0 Å². The highest BCUT2D eigenvalue weighted by Crippen LogP contribution is 2.29. The smallest absolute Gasteiger partial charge is 0.211 e. The van der Waals surface area contributed by atoms with Crippen LogP contribution in [0, 0.1) is 16.0 Å². The molecule has 2 rings (SSSR count). The molecule has 0 spiro atoms. The van der Waals surface area contributed by atoms with E-state index >= 15 is 0 Å². The third-order valence-corrected chi connectivity index (χ3v) is 3.26. The first-order valence-electron chi connectivity index (χ1n) is 5.95. The van der Waals surface area contributed by atoms with Gasteiger partial charge in [-0.25, -0.2) is 0 Å². The number of ketones is 1. The van der Waals surface area contributed by atoms with Crippen LogP contribution in [-0.4, -0.2) is 30.5 Å². The molecule has 0 amide bonds. The normalized spacial score (nSPS) is 21.6. The van der Waals surface area contributed by atoms with Crippen molar-refractivity contribution in [2.75, 3.05) is 19.8 Å². The Hall–Kier alpha value is -1.75. The minimum Gasteiger partial charge on any atom is -0.380 e. The molecule has 2 atom stereocenters. The molecule has 1 saturated heterocycles. The van der Waals surface area contributed by atoms with Crippen LogP contribution in [0.1, 0.15) is 17.9 Å². The number of carbonyl (C=O) groups is 1. The van der Waals surface area contributed by atoms with E-state index in [2.05, 4.69) is 0 Å². The fourth-order valence-corrected chi connectivity index (χ4v) is 2.33. The number of nitro groups is 1. The molecule has 0 aromatic heterocycles. The Balaban J connectivity index is 2.24. The topological polar surface area (TPSA) is 69.4 Å². The van der Waals surface area contributed by atoms with Crippen LogP contribution in [0.3, 0.4) is 0 Å². The monoisotopic (exact) mass is 249 g/mol. The summed E-state index contributed by atoms with van der Waals surface area (Å²) in [5.41, 5.74) is 0.832. The SMILES string of the molecule is O=C1CCOCC1[C@H](C[N+](=O)[O-])c1ccccc1. The Labute approximate surface area is 105 Å². The largest absolute Gasteiger partial charge is 0.380 e. The summed E-state index contributed by atoms with van der Waals surface area (Å²) in [5, 5.41) is 10.8. The van der Waals surface area contributed by atoms with Crippen molar-refractivity contribution in [2.45, 2.75) is 12.3 Å². The van der Waals surface area contributed by atoms with Crippen LogP contribution in [0.15, 0.2) is 30.3 Å². The summed E-state index contributed by atoms with van der Waals surface area (Å²) < 4.78 is 5.29. The Morgan fingerprint density at radius 2 is 2.11 bits per heavy atom. The zero-order valence-electron chi connectivity index (χ0n) is 9.95. The van der Waals surface area contributed by atoms with Gasteiger partial charge in [0.25, 0.3) is 0 Å². The van der Waals surface area contributed by atoms with Gasteiger partial charge >= 0.3 is 0 Å². The van der Waals surface area contributed by atoms with Gasteiger partial charge in [-0.1, -0.05) is 30.3 Å². The first-order chi connectivity index (χ1) is 8.68. The van der Waals surface area contributed by atoms with Gasteiger partial charge in [-0.3, -0.25) is 14.9 Å². The number of nitrogens with zero attached hydrogens (tertiary/aromatic N) is 1. The van der Waals surface area contributed by atoms with E-state index in [0.717, 1.165) is 5.56 Å². The molecule has 5 nitrogen and oxygen atoms in total. The highest BCUT2D eigenvalue weighted by Gasteiger charge is 2.35. The van der Waals surface area contributed by atoms with E-state index in [1.165, 1.54) is 0 Å². The quantitative estimate of drug-likeness (QED) is 0.601. The molecule has 96 valence electrons. The van der Waals surface area contributed by atoms with Crippen LogP contribution in [0.5, 0.6) is 0 Å². The number of Topliss-reactive ketones (excluding diaryl/α,β-unsaturated/α-hetero) is 1. The Morgan fingerprint density at radius 3 is 2.72 bits per heavy atom. The molecule has 1 aliphatic rings. The van der Waals surface area contributed by atoms with E-state index in [1.807, 2.05) is 30.3 Å². The van der Waals surface area contributed by atoms with Crippen molar-refractivity contribution in [1.29, 1.82) is 0 Å². The van der Waals surface area contributed by atoms with Gasteiger partial charge in [-0.05, 0) is 5.56 Å². The molecule has 0 radical (unpaired) electrons. The van der Waals surface area contributed by atoms with Gasteiger partial charge < -0.3 is 4.74 Å². The lowest BCUT2D eigenvalue weighted by Gasteiger charge is -2.27. The maximum Gasteiger partial charge on any atom is 0.211 e. The molecule has 1 fully saturated rings. The summed E-state index contributed by atoms with van der Waals surface area (Å²) in [6.45, 7) is 0.478. The predicted octanol–water partition coefficient (Wildman–Crippen LogP) is 1.65. The van der Waals surface area contributed by atoms with Crippen molar-refractivity contribution >= 4 is 5.78 Å². The third-order valence-electron chi connectivity index (χ3n) is 3.26. The predicted molar refractivity (Wildman–Crippen MR) is 65.0 cm³/mol. The van der Waals surface area contributed by atoms with E-state index in [9.17, 15) is 14.9 Å². The highest BCUT2D eigenvalue weighted by molar-refractivity contribution is 5.82. The van der Waals surface area contributed by atoms with Gasteiger partial charge in [0.1, 0.15) is 5.78 Å². The average molecular weight is 249 g/mol. The molecule has 1 unspecified atom stereocenters. The second-order valence-corrected chi connectivity index (χ2v) is 4.43. The number of ether oxygens (including phenoxy) is 1. The van der Waals surface area contributed by atoms with Crippen molar-refractivity contribution in [3.8, 4) is 0 Å². The maximum absolute atomic E-state index is 11.9. The lowest BCUT2D eigenvalue weighted by atomic mass is 9.82. The molecule has 5 heteroatoms. The molecular formula is C13H15NO4. The lowest BCUT2D eigenvalue weighted by molar-refractivity contribution is -0.484. The third kappa shape index (κ3) is 2.92. The van der Waals surface area contributed by atoms with Gasteiger partial charge in [-0.2, -0.15) is 0 Å². The summed E-state index contributed by atoms with van der Waals surface area (Å²) >= 11 is 0. The first-order valence-corrected chi connectivity index (χ1v) is 5.95. The average Bonchev–Trinajstić information content (AvgIpc) is 2.38. The fraction of sp³-hybridized carbons (Fsp3) is 0.462. The lowest BCUT2D eigenvalue weighted by Crippen LogP contribution is -2.35. The Kier molecular flexibility index (Phi) is 4.04. The van der Waals surface area contributed by atoms with E-state index in [1.54, 1.807) is 0 Å². The molecule has 1 aliphatic heterocycles. The molecule has 0 N–H and O–H groups in total. The second kappa shape index (κ2) is 5.73.